The lowest BCUT2D eigenvalue weighted by molar-refractivity contribution is -0.127. The molecule has 0 fully saturated rings. The Hall–Kier alpha value is -1.51. The van der Waals surface area contributed by atoms with E-state index in [4.69, 9.17) is 4.74 Å². The zero-order chi connectivity index (χ0) is 12.8. The Balaban J connectivity index is 2.45. The van der Waals surface area contributed by atoms with Crippen molar-refractivity contribution in [3.05, 3.63) is 29.8 Å². The smallest absolute Gasteiger partial charge is 0.260 e. The first-order valence-corrected chi connectivity index (χ1v) is 6.00. The fraction of sp³-hybridized carbons (Fsp3) is 0.500. The first kappa shape index (κ1) is 13.6. The van der Waals surface area contributed by atoms with E-state index in [1.54, 1.807) is 6.92 Å². The van der Waals surface area contributed by atoms with E-state index in [0.717, 1.165) is 5.75 Å². The fourth-order valence-electron chi connectivity index (χ4n) is 1.32. The number of benzene rings is 1. The van der Waals surface area contributed by atoms with Crippen molar-refractivity contribution in [2.24, 2.45) is 5.92 Å². The van der Waals surface area contributed by atoms with E-state index in [9.17, 15) is 4.79 Å². The topological polar surface area (TPSA) is 38.3 Å². The van der Waals surface area contributed by atoms with E-state index in [2.05, 4.69) is 19.2 Å². The van der Waals surface area contributed by atoms with E-state index in [0.29, 0.717) is 12.5 Å². The van der Waals surface area contributed by atoms with Gasteiger partial charge in [-0.25, -0.2) is 0 Å². The van der Waals surface area contributed by atoms with Crippen LogP contribution in [0.25, 0.3) is 0 Å². The molecule has 0 saturated heterocycles. The Morgan fingerprint density at radius 3 is 2.35 bits per heavy atom. The van der Waals surface area contributed by atoms with Crippen molar-refractivity contribution >= 4 is 5.91 Å². The molecule has 0 aliphatic carbocycles. The Kier molecular flexibility index (Phi) is 5.01. The van der Waals surface area contributed by atoms with Gasteiger partial charge in [0.25, 0.3) is 5.91 Å². The molecular weight excluding hydrogens is 214 g/mol. The van der Waals surface area contributed by atoms with Crippen molar-refractivity contribution in [1.82, 2.24) is 5.32 Å². The summed E-state index contributed by atoms with van der Waals surface area (Å²) >= 11 is 0. The second kappa shape index (κ2) is 6.28. The highest BCUT2D eigenvalue weighted by Crippen LogP contribution is 2.13. The largest absolute Gasteiger partial charge is 0.481 e. The van der Waals surface area contributed by atoms with Crippen LogP contribution >= 0.6 is 0 Å². The first-order chi connectivity index (χ1) is 7.99. The van der Waals surface area contributed by atoms with E-state index in [-0.39, 0.29) is 5.91 Å². The molecule has 1 aromatic carbocycles. The van der Waals surface area contributed by atoms with Gasteiger partial charge in [-0.1, -0.05) is 31.5 Å². The molecular formula is C14H21NO2. The number of aryl methyl sites for hydroxylation is 1. The van der Waals surface area contributed by atoms with Crippen molar-refractivity contribution in [2.45, 2.75) is 33.8 Å². The minimum Gasteiger partial charge on any atom is -0.481 e. The van der Waals surface area contributed by atoms with E-state index in [1.165, 1.54) is 5.56 Å². The number of carbonyl (C=O) groups is 1. The molecule has 1 aromatic rings. The van der Waals surface area contributed by atoms with Crippen LogP contribution in [0.4, 0.5) is 0 Å². The number of hydrogen-bond donors (Lipinski definition) is 1. The molecule has 0 spiro atoms. The molecule has 17 heavy (non-hydrogen) atoms. The fourth-order valence-corrected chi connectivity index (χ4v) is 1.32. The number of rotatable bonds is 5. The van der Waals surface area contributed by atoms with Crippen molar-refractivity contribution in [1.29, 1.82) is 0 Å². The third-order valence-electron chi connectivity index (χ3n) is 2.39. The van der Waals surface area contributed by atoms with Gasteiger partial charge in [0.05, 0.1) is 0 Å². The Morgan fingerprint density at radius 1 is 1.24 bits per heavy atom. The standard InChI is InChI=1S/C14H21NO2/c1-10(2)9-15-14(16)12(4)17-13-7-5-11(3)6-8-13/h5-8,10,12H,9H2,1-4H3,(H,15,16). The van der Waals surface area contributed by atoms with Gasteiger partial charge >= 0.3 is 0 Å². The third-order valence-corrected chi connectivity index (χ3v) is 2.39. The molecule has 1 atom stereocenters. The summed E-state index contributed by atoms with van der Waals surface area (Å²) in [6, 6.07) is 7.69. The molecule has 3 nitrogen and oxygen atoms in total. The van der Waals surface area contributed by atoms with Crippen LogP contribution in [0.1, 0.15) is 26.3 Å². The van der Waals surface area contributed by atoms with Gasteiger partial charge in [-0.3, -0.25) is 4.79 Å². The lowest BCUT2D eigenvalue weighted by Crippen LogP contribution is -2.38. The van der Waals surface area contributed by atoms with Crippen LogP contribution < -0.4 is 10.1 Å². The molecule has 1 unspecified atom stereocenters. The SMILES string of the molecule is Cc1ccc(OC(C)C(=O)NCC(C)C)cc1. The summed E-state index contributed by atoms with van der Waals surface area (Å²) < 4.78 is 5.55. The summed E-state index contributed by atoms with van der Waals surface area (Å²) in [5, 5.41) is 2.85. The molecule has 1 amide bonds. The van der Waals surface area contributed by atoms with Crippen molar-refractivity contribution in [2.75, 3.05) is 6.54 Å². The summed E-state index contributed by atoms with van der Waals surface area (Å²) in [6.45, 7) is 8.58. The normalized spacial score (nSPS) is 12.3. The highest BCUT2D eigenvalue weighted by atomic mass is 16.5. The number of carbonyl (C=O) groups excluding carboxylic acids is 1. The highest BCUT2D eigenvalue weighted by Gasteiger charge is 2.14. The monoisotopic (exact) mass is 235 g/mol. The van der Waals surface area contributed by atoms with Gasteiger partial charge in [-0.2, -0.15) is 0 Å². The van der Waals surface area contributed by atoms with Crippen LogP contribution in [-0.4, -0.2) is 18.6 Å². The van der Waals surface area contributed by atoms with Gasteiger partial charge < -0.3 is 10.1 Å². The zero-order valence-corrected chi connectivity index (χ0v) is 11.0. The molecule has 0 saturated carbocycles. The van der Waals surface area contributed by atoms with Crippen LogP contribution in [0.5, 0.6) is 5.75 Å². The first-order valence-electron chi connectivity index (χ1n) is 6.00. The molecule has 0 radical (unpaired) electrons. The molecule has 0 aromatic heterocycles. The minimum atomic E-state index is -0.462. The summed E-state index contributed by atoms with van der Waals surface area (Å²) in [7, 11) is 0. The molecule has 1 rings (SSSR count). The molecule has 0 bridgehead atoms. The second-order valence-corrected chi connectivity index (χ2v) is 4.71. The number of ether oxygens (including phenoxy) is 1. The Morgan fingerprint density at radius 2 is 1.82 bits per heavy atom. The van der Waals surface area contributed by atoms with Crippen LogP contribution in [0, 0.1) is 12.8 Å². The van der Waals surface area contributed by atoms with Crippen LogP contribution in [0.2, 0.25) is 0 Å². The lowest BCUT2D eigenvalue weighted by Gasteiger charge is -2.15. The Bertz CT molecular complexity index is 357. The van der Waals surface area contributed by atoms with Crippen LogP contribution in [0.3, 0.4) is 0 Å². The molecule has 0 aliphatic heterocycles. The average molecular weight is 235 g/mol. The van der Waals surface area contributed by atoms with Gasteiger partial charge in [-0.05, 0) is 31.9 Å². The molecule has 0 heterocycles. The summed E-state index contributed by atoms with van der Waals surface area (Å²) in [6.07, 6.45) is -0.462. The van der Waals surface area contributed by atoms with Gasteiger partial charge in [0.1, 0.15) is 5.75 Å². The van der Waals surface area contributed by atoms with Crippen LogP contribution in [0.15, 0.2) is 24.3 Å². The predicted octanol–water partition coefficient (Wildman–Crippen LogP) is 2.53. The second-order valence-electron chi connectivity index (χ2n) is 4.71. The molecule has 3 heteroatoms. The predicted molar refractivity (Wildman–Crippen MR) is 69.1 cm³/mol. The maximum atomic E-state index is 11.7. The zero-order valence-electron chi connectivity index (χ0n) is 11.0. The molecule has 94 valence electrons. The van der Waals surface area contributed by atoms with Crippen molar-refractivity contribution in [3.63, 3.8) is 0 Å². The maximum absolute atomic E-state index is 11.7. The van der Waals surface area contributed by atoms with E-state index < -0.39 is 6.10 Å². The number of amides is 1. The van der Waals surface area contributed by atoms with Crippen LogP contribution in [-0.2, 0) is 4.79 Å². The lowest BCUT2D eigenvalue weighted by atomic mass is 10.2. The average Bonchev–Trinajstić information content (AvgIpc) is 2.28. The third kappa shape index (κ3) is 4.89. The van der Waals surface area contributed by atoms with Gasteiger partial charge in [0.15, 0.2) is 6.10 Å². The number of hydrogen-bond acceptors (Lipinski definition) is 2. The Labute approximate surface area is 103 Å². The maximum Gasteiger partial charge on any atom is 0.260 e. The quantitative estimate of drug-likeness (QED) is 0.851. The molecule has 0 aliphatic rings. The minimum absolute atomic E-state index is 0.0701. The van der Waals surface area contributed by atoms with Crippen molar-refractivity contribution < 1.29 is 9.53 Å². The van der Waals surface area contributed by atoms with Gasteiger partial charge in [0, 0.05) is 6.54 Å². The van der Waals surface area contributed by atoms with E-state index >= 15 is 0 Å². The van der Waals surface area contributed by atoms with Crippen molar-refractivity contribution in [3.8, 4) is 5.75 Å². The molecule has 1 N–H and O–H groups in total. The van der Waals surface area contributed by atoms with Gasteiger partial charge in [0.2, 0.25) is 0 Å². The van der Waals surface area contributed by atoms with E-state index in [1.807, 2.05) is 31.2 Å². The summed E-state index contributed by atoms with van der Waals surface area (Å²) in [5.74, 6) is 1.10. The van der Waals surface area contributed by atoms with Gasteiger partial charge in [-0.15, -0.1) is 0 Å². The summed E-state index contributed by atoms with van der Waals surface area (Å²) in [4.78, 5) is 11.7. The summed E-state index contributed by atoms with van der Waals surface area (Å²) in [5.41, 5.74) is 1.18. The highest BCUT2D eigenvalue weighted by molar-refractivity contribution is 5.80. The number of nitrogens with one attached hydrogen (secondary N) is 1.